The van der Waals surface area contributed by atoms with E-state index in [2.05, 4.69) is 4.84 Å². The lowest BCUT2D eigenvalue weighted by Crippen LogP contribution is -2.53. The van der Waals surface area contributed by atoms with Crippen molar-refractivity contribution in [2.24, 2.45) is 5.90 Å². The summed E-state index contributed by atoms with van der Waals surface area (Å²) >= 11 is 0. The molecule has 1 aromatic carbocycles. The van der Waals surface area contributed by atoms with Crippen LogP contribution in [-0.4, -0.2) is 28.5 Å². The number of aliphatic hydroxyl groups is 1. The quantitative estimate of drug-likeness (QED) is 0.522. The zero-order chi connectivity index (χ0) is 15.6. The first-order valence-electron chi connectivity index (χ1n) is 6.27. The third-order valence-corrected chi connectivity index (χ3v) is 3.47. The van der Waals surface area contributed by atoms with Gasteiger partial charge in [0, 0.05) is 5.56 Å². The van der Waals surface area contributed by atoms with Gasteiger partial charge in [-0.2, -0.15) is 0 Å². The number of hydrogen-bond acceptors (Lipinski definition) is 5. The molecule has 20 heavy (non-hydrogen) atoms. The summed E-state index contributed by atoms with van der Waals surface area (Å²) in [6.07, 6.45) is 0. The minimum Gasteiger partial charge on any atom is -0.423 e. The average Bonchev–Trinajstić information content (AvgIpc) is 2.30. The van der Waals surface area contributed by atoms with Crippen molar-refractivity contribution in [3.05, 3.63) is 29.6 Å². The van der Waals surface area contributed by atoms with E-state index in [4.69, 9.17) is 10.6 Å². The first-order chi connectivity index (χ1) is 9.08. The molecule has 112 valence electrons. The minimum atomic E-state index is -1.30. The molecule has 1 aromatic rings. The van der Waals surface area contributed by atoms with E-state index in [9.17, 15) is 14.5 Å². The molecule has 0 radical (unpaired) electrons. The molecule has 0 unspecified atom stereocenters. The molecule has 4 N–H and O–H groups in total. The molecule has 0 aliphatic rings. The van der Waals surface area contributed by atoms with Crippen molar-refractivity contribution in [3.63, 3.8) is 0 Å². The minimum absolute atomic E-state index is 0.110. The molecule has 7 heteroatoms. The van der Waals surface area contributed by atoms with Crippen molar-refractivity contribution < 1.29 is 24.0 Å². The summed E-state index contributed by atoms with van der Waals surface area (Å²) in [5.41, 5.74) is -1.58. The van der Waals surface area contributed by atoms with Gasteiger partial charge in [0.2, 0.25) is 0 Å². The summed E-state index contributed by atoms with van der Waals surface area (Å²) in [5.74, 6) is 4.44. The topological polar surface area (TPSA) is 84.9 Å². The van der Waals surface area contributed by atoms with E-state index in [0.717, 1.165) is 0 Å². The van der Waals surface area contributed by atoms with Gasteiger partial charge in [0.1, 0.15) is 5.82 Å². The van der Waals surface area contributed by atoms with E-state index in [1.807, 2.05) is 0 Å². The summed E-state index contributed by atoms with van der Waals surface area (Å²) in [4.78, 5) is 4.40. The van der Waals surface area contributed by atoms with Crippen LogP contribution in [0.2, 0.25) is 0 Å². The fourth-order valence-electron chi connectivity index (χ4n) is 1.44. The maximum absolute atomic E-state index is 13.4. The normalized spacial score (nSPS) is 12.6. The van der Waals surface area contributed by atoms with Crippen LogP contribution in [-0.2, 0) is 16.1 Å². The van der Waals surface area contributed by atoms with Gasteiger partial charge in [-0.15, -0.1) is 0 Å². The molecule has 0 spiro atoms. The van der Waals surface area contributed by atoms with Crippen molar-refractivity contribution in [3.8, 4) is 0 Å². The first-order valence-corrected chi connectivity index (χ1v) is 6.27. The molecule has 0 aliphatic carbocycles. The fourth-order valence-corrected chi connectivity index (χ4v) is 1.44. The van der Waals surface area contributed by atoms with Gasteiger partial charge in [-0.05, 0) is 39.2 Å². The molecule has 1 rings (SSSR count). The monoisotopic (exact) mass is 285 g/mol. The van der Waals surface area contributed by atoms with Crippen LogP contribution in [0.15, 0.2) is 18.2 Å². The Labute approximate surface area is 118 Å². The van der Waals surface area contributed by atoms with Crippen LogP contribution in [0.5, 0.6) is 0 Å². The highest BCUT2D eigenvalue weighted by Gasteiger charge is 2.39. The Morgan fingerprint density at radius 3 is 2.40 bits per heavy atom. The maximum atomic E-state index is 13.4. The molecule has 0 aliphatic heterocycles. The molecule has 0 saturated carbocycles. The predicted molar refractivity (Wildman–Crippen MR) is 74.4 cm³/mol. The Morgan fingerprint density at radius 2 is 1.90 bits per heavy atom. The maximum Gasteiger partial charge on any atom is 0.491 e. The van der Waals surface area contributed by atoms with E-state index in [1.54, 1.807) is 27.7 Å². The zero-order valence-corrected chi connectivity index (χ0v) is 12.2. The lowest BCUT2D eigenvalue weighted by molar-refractivity contribution is -0.0982. The SMILES string of the molecule is CC(C)(O)C(C)(C)OB(O)c1ccc(F)c(CON)c1. The van der Waals surface area contributed by atoms with Crippen molar-refractivity contribution in [2.75, 3.05) is 0 Å². The van der Waals surface area contributed by atoms with Gasteiger partial charge in [-0.1, -0.05) is 12.1 Å². The van der Waals surface area contributed by atoms with Crippen LogP contribution in [0, 0.1) is 5.82 Å². The van der Waals surface area contributed by atoms with E-state index < -0.39 is 24.1 Å². The molecule has 0 bridgehead atoms. The van der Waals surface area contributed by atoms with E-state index in [1.165, 1.54) is 18.2 Å². The van der Waals surface area contributed by atoms with Gasteiger partial charge in [-0.25, -0.2) is 10.3 Å². The lowest BCUT2D eigenvalue weighted by atomic mass is 9.76. The summed E-state index contributed by atoms with van der Waals surface area (Å²) in [6.45, 7) is 6.37. The summed E-state index contributed by atoms with van der Waals surface area (Å²) in [6, 6.07) is 4.02. The highest BCUT2D eigenvalue weighted by Crippen LogP contribution is 2.25. The zero-order valence-electron chi connectivity index (χ0n) is 12.2. The van der Waals surface area contributed by atoms with Gasteiger partial charge in [0.25, 0.3) is 0 Å². The van der Waals surface area contributed by atoms with Crippen molar-refractivity contribution in [1.82, 2.24) is 0 Å². The third-order valence-electron chi connectivity index (χ3n) is 3.47. The van der Waals surface area contributed by atoms with Crippen LogP contribution < -0.4 is 11.4 Å². The van der Waals surface area contributed by atoms with Gasteiger partial charge in [0.15, 0.2) is 0 Å². The fraction of sp³-hybridized carbons (Fsp3) is 0.538. The summed E-state index contributed by atoms with van der Waals surface area (Å²) in [5, 5.41) is 20.1. The Kier molecular flexibility index (Phi) is 5.29. The van der Waals surface area contributed by atoms with Crippen molar-refractivity contribution in [2.45, 2.75) is 45.5 Å². The number of halogens is 1. The van der Waals surface area contributed by atoms with Gasteiger partial charge >= 0.3 is 7.12 Å². The second-order valence-corrected chi connectivity index (χ2v) is 5.70. The average molecular weight is 285 g/mol. The van der Waals surface area contributed by atoms with Crippen molar-refractivity contribution >= 4 is 12.6 Å². The van der Waals surface area contributed by atoms with Gasteiger partial charge in [-0.3, -0.25) is 4.84 Å². The van der Waals surface area contributed by atoms with Crippen LogP contribution >= 0.6 is 0 Å². The van der Waals surface area contributed by atoms with Crippen LogP contribution in [0.25, 0.3) is 0 Å². The van der Waals surface area contributed by atoms with Crippen molar-refractivity contribution in [1.29, 1.82) is 0 Å². The predicted octanol–water partition coefficient (Wildman–Crippen LogP) is 0.470. The Bertz CT molecular complexity index is 462. The van der Waals surface area contributed by atoms with E-state index in [0.29, 0.717) is 5.46 Å². The largest absolute Gasteiger partial charge is 0.491 e. The van der Waals surface area contributed by atoms with Crippen LogP contribution in [0.4, 0.5) is 4.39 Å². The highest BCUT2D eigenvalue weighted by atomic mass is 19.1. The van der Waals surface area contributed by atoms with E-state index in [-0.39, 0.29) is 12.2 Å². The van der Waals surface area contributed by atoms with Crippen LogP contribution in [0.3, 0.4) is 0 Å². The Hall–Kier alpha value is -0.985. The van der Waals surface area contributed by atoms with Gasteiger partial charge in [0.05, 0.1) is 17.8 Å². The third kappa shape index (κ3) is 4.00. The molecule has 0 saturated heterocycles. The molecule has 0 aromatic heterocycles. The standard InChI is InChI=1S/C13H21BFNO4/c1-12(2,17)13(3,4)20-14(18)10-5-6-11(15)9(7-10)8-19-16/h5-7,17-18H,8,16H2,1-4H3. The number of benzene rings is 1. The first kappa shape index (κ1) is 17.1. The molecular weight excluding hydrogens is 264 g/mol. The number of hydrogen-bond donors (Lipinski definition) is 3. The molecule has 5 nitrogen and oxygen atoms in total. The highest BCUT2D eigenvalue weighted by molar-refractivity contribution is 6.60. The molecule has 0 atom stereocenters. The summed E-state index contributed by atoms with van der Waals surface area (Å²) < 4.78 is 18.9. The Balaban J connectivity index is 2.93. The van der Waals surface area contributed by atoms with Gasteiger partial charge < -0.3 is 14.8 Å². The molecule has 0 fully saturated rings. The smallest absolute Gasteiger partial charge is 0.423 e. The van der Waals surface area contributed by atoms with E-state index >= 15 is 0 Å². The Morgan fingerprint density at radius 1 is 1.30 bits per heavy atom. The second-order valence-electron chi connectivity index (χ2n) is 5.70. The number of rotatable bonds is 6. The van der Waals surface area contributed by atoms with Crippen LogP contribution in [0.1, 0.15) is 33.3 Å². The second kappa shape index (κ2) is 6.20. The number of nitrogens with two attached hydrogens (primary N) is 1. The molecular formula is C13H21BFNO4. The lowest BCUT2D eigenvalue weighted by Gasteiger charge is -2.38. The molecule has 0 amide bonds. The molecule has 0 heterocycles. The summed E-state index contributed by atoms with van der Waals surface area (Å²) in [7, 11) is -1.30.